The van der Waals surface area contributed by atoms with Crippen LogP contribution in [0.2, 0.25) is 0 Å². The van der Waals surface area contributed by atoms with E-state index in [0.717, 1.165) is 31.7 Å². The minimum atomic E-state index is -5.02. The highest BCUT2D eigenvalue weighted by atomic mass is 32.3. The van der Waals surface area contributed by atoms with Crippen molar-refractivity contribution in [2.45, 2.75) is 18.4 Å². The second-order valence-electron chi connectivity index (χ2n) is 4.73. The normalized spacial score (nSPS) is 17.1. The summed E-state index contributed by atoms with van der Waals surface area (Å²) in [6.07, 6.45) is 0. The fraction of sp³-hybridized carbons (Fsp3) is 0.500. The van der Waals surface area contributed by atoms with Crippen LogP contribution < -0.4 is 9.50 Å². The first-order valence-electron chi connectivity index (χ1n) is 6.25. The highest BCUT2D eigenvalue weighted by molar-refractivity contribution is 7.81. The van der Waals surface area contributed by atoms with Gasteiger partial charge in [-0.2, -0.15) is 8.42 Å². The lowest BCUT2D eigenvalue weighted by atomic mass is 10.1. The predicted molar refractivity (Wildman–Crippen MR) is 77.2 cm³/mol. The molecule has 20 heavy (non-hydrogen) atoms. The molecule has 5 nitrogen and oxygen atoms in total. The molecule has 1 aromatic carbocycles. The van der Waals surface area contributed by atoms with Crippen LogP contribution in [0.4, 0.5) is 3.89 Å². The van der Waals surface area contributed by atoms with E-state index >= 15 is 0 Å². The van der Waals surface area contributed by atoms with Gasteiger partial charge in [-0.1, -0.05) is 3.89 Å². The van der Waals surface area contributed by atoms with Crippen LogP contribution in [0.5, 0.6) is 5.75 Å². The van der Waals surface area contributed by atoms with Crippen molar-refractivity contribution in [3.63, 3.8) is 0 Å². The van der Waals surface area contributed by atoms with Crippen LogP contribution in [-0.2, 0) is 17.0 Å². The molecule has 0 atom stereocenters. The molecule has 0 bridgehead atoms. The zero-order chi connectivity index (χ0) is 14.8. The number of hydrogen-bond donors (Lipinski definition) is 2. The fourth-order valence-electron chi connectivity index (χ4n) is 2.20. The van der Waals surface area contributed by atoms with Gasteiger partial charge in [-0.25, -0.2) is 0 Å². The van der Waals surface area contributed by atoms with Crippen LogP contribution in [0.25, 0.3) is 0 Å². The van der Waals surface area contributed by atoms with Crippen molar-refractivity contribution >= 4 is 23.1 Å². The molecule has 1 aliphatic heterocycles. The van der Waals surface area contributed by atoms with Gasteiger partial charge in [0.15, 0.2) is 0 Å². The molecule has 0 spiro atoms. The van der Waals surface area contributed by atoms with Crippen LogP contribution in [0.15, 0.2) is 17.0 Å². The molecular weight excluding hydrogens is 303 g/mol. The van der Waals surface area contributed by atoms with Gasteiger partial charge in [0.25, 0.3) is 0 Å². The van der Waals surface area contributed by atoms with Crippen molar-refractivity contribution in [1.82, 2.24) is 10.2 Å². The van der Waals surface area contributed by atoms with Crippen molar-refractivity contribution in [1.29, 1.82) is 0 Å². The van der Waals surface area contributed by atoms with Gasteiger partial charge in [0.05, 0.1) is 0 Å². The maximum absolute atomic E-state index is 12.7. The van der Waals surface area contributed by atoms with E-state index < -0.39 is 10.5 Å². The molecule has 1 aromatic rings. The lowest BCUT2D eigenvalue weighted by Crippen LogP contribution is -2.43. The number of benzene rings is 1. The number of thiol groups is 1. The third-order valence-corrected chi connectivity index (χ3v) is 3.88. The molecule has 8 heteroatoms. The summed E-state index contributed by atoms with van der Waals surface area (Å²) in [6, 6.07) is 3.25. The Morgan fingerprint density at radius 3 is 2.65 bits per heavy atom. The van der Waals surface area contributed by atoms with Crippen molar-refractivity contribution in [2.75, 3.05) is 26.2 Å². The number of halogens is 1. The van der Waals surface area contributed by atoms with Gasteiger partial charge in [0, 0.05) is 37.6 Å². The van der Waals surface area contributed by atoms with Crippen molar-refractivity contribution < 1.29 is 16.5 Å². The summed E-state index contributed by atoms with van der Waals surface area (Å²) in [7, 11) is -5.02. The Hall–Kier alpha value is -0.830. The standard InChI is InChI=1S/C12H17FN2O3S2/c1-9-10(8-15-4-2-14-3-5-15)6-11(19)7-12(9)18-20(13,16)17/h6-7,14,19H,2-5,8H2,1H3. The molecule has 1 saturated heterocycles. The van der Waals surface area contributed by atoms with E-state index in [1.807, 2.05) is 6.07 Å². The average Bonchev–Trinajstić information content (AvgIpc) is 2.34. The monoisotopic (exact) mass is 320 g/mol. The van der Waals surface area contributed by atoms with E-state index in [9.17, 15) is 12.3 Å². The number of hydrogen-bond acceptors (Lipinski definition) is 6. The zero-order valence-corrected chi connectivity index (χ0v) is 12.8. The second-order valence-corrected chi connectivity index (χ2v) is 6.20. The van der Waals surface area contributed by atoms with E-state index in [4.69, 9.17) is 0 Å². The van der Waals surface area contributed by atoms with Gasteiger partial charge < -0.3 is 9.50 Å². The summed E-state index contributed by atoms with van der Waals surface area (Å²) in [5, 5.41) is 3.26. The van der Waals surface area contributed by atoms with Crippen molar-refractivity contribution in [2.24, 2.45) is 0 Å². The highest BCUT2D eigenvalue weighted by Crippen LogP contribution is 2.28. The van der Waals surface area contributed by atoms with Gasteiger partial charge in [-0.15, -0.1) is 12.6 Å². The summed E-state index contributed by atoms with van der Waals surface area (Å²) in [5.74, 6) is -0.00913. The maximum atomic E-state index is 12.7. The SMILES string of the molecule is Cc1c(CN2CCNCC2)cc(S)cc1OS(=O)(=O)F. The molecule has 112 valence electrons. The smallest absolute Gasteiger partial charge is 0.358 e. The van der Waals surface area contributed by atoms with Gasteiger partial charge in [0.2, 0.25) is 0 Å². The van der Waals surface area contributed by atoms with Gasteiger partial charge in [-0.3, -0.25) is 4.90 Å². The molecule has 0 saturated carbocycles. The third kappa shape index (κ3) is 4.34. The number of nitrogens with one attached hydrogen (secondary N) is 1. The summed E-state index contributed by atoms with van der Waals surface area (Å²) in [4.78, 5) is 2.78. The van der Waals surface area contributed by atoms with Crippen LogP contribution in [-0.4, -0.2) is 39.5 Å². The summed E-state index contributed by atoms with van der Waals surface area (Å²) in [5.41, 5.74) is 1.50. The first-order valence-corrected chi connectivity index (χ1v) is 8.00. The Balaban J connectivity index is 2.23. The molecular formula is C12H17FN2O3S2. The molecule has 2 rings (SSSR count). The zero-order valence-electron chi connectivity index (χ0n) is 11.1. The quantitative estimate of drug-likeness (QED) is 0.646. The largest absolute Gasteiger partial charge is 0.488 e. The van der Waals surface area contributed by atoms with Crippen molar-refractivity contribution in [3.05, 3.63) is 23.3 Å². The van der Waals surface area contributed by atoms with E-state index in [1.54, 1.807) is 6.92 Å². The Morgan fingerprint density at radius 1 is 1.40 bits per heavy atom. The fourth-order valence-corrected chi connectivity index (χ4v) is 2.86. The third-order valence-electron chi connectivity index (χ3n) is 3.25. The van der Waals surface area contributed by atoms with E-state index in [1.165, 1.54) is 6.07 Å². The minimum Gasteiger partial charge on any atom is -0.358 e. The summed E-state index contributed by atoms with van der Waals surface area (Å²) in [6.45, 7) is 6.03. The van der Waals surface area contributed by atoms with Crippen LogP contribution >= 0.6 is 12.6 Å². The highest BCUT2D eigenvalue weighted by Gasteiger charge is 2.17. The molecule has 0 aromatic heterocycles. The first kappa shape index (κ1) is 15.6. The predicted octanol–water partition coefficient (Wildman–Crippen LogP) is 1.28. The number of rotatable bonds is 4. The molecule has 0 radical (unpaired) electrons. The van der Waals surface area contributed by atoms with Crippen LogP contribution in [0, 0.1) is 6.92 Å². The van der Waals surface area contributed by atoms with E-state index in [-0.39, 0.29) is 5.75 Å². The van der Waals surface area contributed by atoms with Gasteiger partial charge in [-0.05, 0) is 30.2 Å². The maximum Gasteiger partial charge on any atom is 0.488 e. The lowest BCUT2D eigenvalue weighted by Gasteiger charge is -2.28. The Kier molecular flexibility index (Phi) is 4.90. The van der Waals surface area contributed by atoms with Crippen molar-refractivity contribution in [3.8, 4) is 5.75 Å². The Morgan fingerprint density at radius 2 is 2.05 bits per heavy atom. The lowest BCUT2D eigenvalue weighted by molar-refractivity contribution is 0.232. The van der Waals surface area contributed by atoms with Gasteiger partial charge >= 0.3 is 10.5 Å². The summed E-state index contributed by atoms with van der Waals surface area (Å²) >= 11 is 4.21. The topological polar surface area (TPSA) is 58.6 Å². The number of nitrogens with zero attached hydrogens (tertiary/aromatic N) is 1. The van der Waals surface area contributed by atoms with E-state index in [2.05, 4.69) is 27.0 Å². The number of piperazine rings is 1. The Labute approximate surface area is 123 Å². The molecule has 1 N–H and O–H groups in total. The second kappa shape index (κ2) is 6.30. The Bertz CT molecular complexity index is 587. The molecule has 0 unspecified atom stereocenters. The van der Waals surface area contributed by atoms with Gasteiger partial charge in [0.1, 0.15) is 5.75 Å². The average molecular weight is 320 g/mol. The molecule has 0 aliphatic carbocycles. The molecule has 0 amide bonds. The first-order chi connectivity index (χ1) is 9.35. The minimum absolute atomic E-state index is 0.00913. The van der Waals surface area contributed by atoms with E-state index in [0.29, 0.717) is 17.0 Å². The molecule has 1 heterocycles. The summed E-state index contributed by atoms with van der Waals surface area (Å²) < 4.78 is 38.3. The van der Waals surface area contributed by atoms with Crippen LogP contribution in [0.1, 0.15) is 11.1 Å². The molecule has 1 fully saturated rings. The molecule has 1 aliphatic rings. The van der Waals surface area contributed by atoms with Crippen LogP contribution in [0.3, 0.4) is 0 Å².